The van der Waals surface area contributed by atoms with Crippen molar-refractivity contribution >= 4 is 12.0 Å². The first-order chi connectivity index (χ1) is 9.59. The smallest absolute Gasteiger partial charge is 0.326 e. The van der Waals surface area contributed by atoms with Crippen LogP contribution in [0.15, 0.2) is 0 Å². The van der Waals surface area contributed by atoms with Crippen molar-refractivity contribution in [3.05, 3.63) is 0 Å². The first kappa shape index (κ1) is 15.1. The zero-order valence-corrected chi connectivity index (χ0v) is 12.3. The van der Waals surface area contributed by atoms with Crippen molar-refractivity contribution in [3.8, 4) is 0 Å². The Labute approximate surface area is 120 Å². The van der Waals surface area contributed by atoms with Gasteiger partial charge in [0.05, 0.1) is 0 Å². The molecule has 2 N–H and O–H groups in total. The number of likely N-dealkylation sites (tertiary alicyclic amines) is 1. The lowest BCUT2D eigenvalue weighted by Crippen LogP contribution is -2.55. The van der Waals surface area contributed by atoms with E-state index in [1.165, 1.54) is 30.6 Å². The number of urea groups is 1. The molecule has 114 valence electrons. The van der Waals surface area contributed by atoms with E-state index in [4.69, 9.17) is 0 Å². The van der Waals surface area contributed by atoms with Gasteiger partial charge < -0.3 is 15.3 Å². The van der Waals surface area contributed by atoms with Gasteiger partial charge in [-0.25, -0.2) is 9.59 Å². The van der Waals surface area contributed by atoms with Crippen LogP contribution in [0.3, 0.4) is 0 Å². The van der Waals surface area contributed by atoms with E-state index in [2.05, 4.69) is 5.32 Å². The van der Waals surface area contributed by atoms with Gasteiger partial charge in [-0.3, -0.25) is 0 Å². The van der Waals surface area contributed by atoms with Gasteiger partial charge in [-0.1, -0.05) is 32.6 Å². The molecule has 2 unspecified atom stereocenters. The summed E-state index contributed by atoms with van der Waals surface area (Å²) < 4.78 is 0. The molecule has 0 radical (unpaired) electrons. The van der Waals surface area contributed by atoms with Crippen LogP contribution in [0.2, 0.25) is 0 Å². The van der Waals surface area contributed by atoms with Crippen LogP contribution < -0.4 is 5.32 Å². The minimum absolute atomic E-state index is 0.0295. The summed E-state index contributed by atoms with van der Waals surface area (Å²) in [6.45, 7) is 3.13. The predicted molar refractivity (Wildman–Crippen MR) is 76.5 cm³/mol. The summed E-state index contributed by atoms with van der Waals surface area (Å²) in [6, 6.07) is -0.878. The van der Waals surface area contributed by atoms with E-state index < -0.39 is 12.0 Å². The summed E-state index contributed by atoms with van der Waals surface area (Å²) in [5, 5.41) is 12.2. The maximum atomic E-state index is 12.2. The van der Waals surface area contributed by atoms with Gasteiger partial charge in [0, 0.05) is 13.1 Å². The molecule has 2 amide bonds. The van der Waals surface area contributed by atoms with Crippen LogP contribution in [0.25, 0.3) is 0 Å². The molecule has 1 saturated carbocycles. The van der Waals surface area contributed by atoms with Crippen molar-refractivity contribution < 1.29 is 14.7 Å². The highest BCUT2D eigenvalue weighted by Crippen LogP contribution is 2.27. The predicted octanol–water partition coefficient (Wildman–Crippen LogP) is 2.46. The molecule has 0 aromatic heterocycles. The number of hydrogen-bond acceptors (Lipinski definition) is 2. The lowest BCUT2D eigenvalue weighted by molar-refractivity contribution is -0.145. The molecular formula is C15H26N2O3. The van der Waals surface area contributed by atoms with Crippen molar-refractivity contribution in [3.63, 3.8) is 0 Å². The quantitative estimate of drug-likeness (QED) is 0.832. The number of carbonyl (C=O) groups excluding carboxylic acids is 1. The number of hydrogen-bond donors (Lipinski definition) is 2. The minimum Gasteiger partial charge on any atom is -0.480 e. The first-order valence-corrected chi connectivity index (χ1v) is 7.87. The fourth-order valence-corrected chi connectivity index (χ4v) is 3.58. The van der Waals surface area contributed by atoms with E-state index in [9.17, 15) is 14.7 Å². The van der Waals surface area contributed by atoms with Gasteiger partial charge in [-0.15, -0.1) is 0 Å². The Kier molecular flexibility index (Phi) is 5.26. The molecule has 2 atom stereocenters. The Morgan fingerprint density at radius 2 is 1.90 bits per heavy atom. The number of carboxylic acid groups (broad SMARTS) is 1. The Morgan fingerprint density at radius 1 is 1.20 bits per heavy atom. The summed E-state index contributed by atoms with van der Waals surface area (Å²) >= 11 is 0. The van der Waals surface area contributed by atoms with Crippen LogP contribution in [0.5, 0.6) is 0 Å². The van der Waals surface area contributed by atoms with Crippen LogP contribution in [0.4, 0.5) is 4.79 Å². The van der Waals surface area contributed by atoms with Gasteiger partial charge in [0.2, 0.25) is 0 Å². The molecule has 2 aliphatic rings. The Bertz CT molecular complexity index is 353. The molecule has 2 fully saturated rings. The molecular weight excluding hydrogens is 256 g/mol. The van der Waals surface area contributed by atoms with Gasteiger partial charge >= 0.3 is 12.0 Å². The van der Waals surface area contributed by atoms with Gasteiger partial charge in [0.25, 0.3) is 0 Å². The molecule has 1 aliphatic heterocycles. The van der Waals surface area contributed by atoms with E-state index in [-0.39, 0.29) is 11.9 Å². The highest BCUT2D eigenvalue weighted by molar-refractivity contribution is 5.83. The molecule has 1 heterocycles. The largest absolute Gasteiger partial charge is 0.480 e. The Balaban J connectivity index is 1.81. The summed E-state index contributed by atoms with van der Waals surface area (Å²) in [4.78, 5) is 25.0. The molecule has 20 heavy (non-hydrogen) atoms. The van der Waals surface area contributed by atoms with Crippen LogP contribution in [0, 0.1) is 11.8 Å². The number of carboxylic acids is 1. The Morgan fingerprint density at radius 3 is 2.55 bits per heavy atom. The average Bonchev–Trinajstić information content (AvgIpc) is 2.91. The number of piperidine rings is 1. The van der Waals surface area contributed by atoms with Gasteiger partial charge in [0.1, 0.15) is 6.04 Å². The normalized spacial score (nSPS) is 27.6. The summed E-state index contributed by atoms with van der Waals surface area (Å²) in [5.74, 6) is -0.115. The number of rotatable bonds is 4. The van der Waals surface area contributed by atoms with Crippen molar-refractivity contribution in [2.45, 2.75) is 57.9 Å². The number of nitrogens with zero attached hydrogens (tertiary/aromatic N) is 1. The monoisotopic (exact) mass is 282 g/mol. The average molecular weight is 282 g/mol. The SMILES string of the molecule is CC1CCCN(C(=O)NCCC2CCCC2)C1C(=O)O. The molecule has 0 aromatic carbocycles. The number of aliphatic carboxylic acids is 1. The van der Waals surface area contributed by atoms with E-state index in [1.807, 2.05) is 6.92 Å². The molecule has 0 spiro atoms. The lowest BCUT2D eigenvalue weighted by atomic mass is 9.91. The van der Waals surface area contributed by atoms with Crippen molar-refractivity contribution in [1.29, 1.82) is 0 Å². The van der Waals surface area contributed by atoms with E-state index >= 15 is 0 Å². The third kappa shape index (κ3) is 3.64. The van der Waals surface area contributed by atoms with Crippen molar-refractivity contribution in [1.82, 2.24) is 10.2 Å². The maximum absolute atomic E-state index is 12.2. The summed E-state index contributed by atoms with van der Waals surface area (Å²) in [5.41, 5.74) is 0. The second-order valence-corrected chi connectivity index (χ2v) is 6.27. The summed E-state index contributed by atoms with van der Waals surface area (Å²) in [6.07, 6.45) is 7.95. The van der Waals surface area contributed by atoms with E-state index in [0.717, 1.165) is 25.2 Å². The Hall–Kier alpha value is -1.26. The second kappa shape index (κ2) is 6.95. The third-order valence-corrected chi connectivity index (χ3v) is 4.75. The van der Waals surface area contributed by atoms with Gasteiger partial charge in [-0.2, -0.15) is 0 Å². The zero-order chi connectivity index (χ0) is 14.5. The number of amides is 2. The maximum Gasteiger partial charge on any atom is 0.326 e. The number of carbonyl (C=O) groups is 2. The summed E-state index contributed by atoms with van der Waals surface area (Å²) in [7, 11) is 0. The molecule has 0 bridgehead atoms. The minimum atomic E-state index is -0.886. The standard InChI is InChI=1S/C15H26N2O3/c1-11-5-4-10-17(13(11)14(18)19)15(20)16-9-8-12-6-2-3-7-12/h11-13H,2-10H2,1H3,(H,16,20)(H,18,19). The molecule has 2 rings (SSSR count). The van der Waals surface area contributed by atoms with Crippen molar-refractivity contribution in [2.24, 2.45) is 11.8 Å². The second-order valence-electron chi connectivity index (χ2n) is 6.27. The highest BCUT2D eigenvalue weighted by Gasteiger charge is 2.36. The molecule has 1 saturated heterocycles. The van der Waals surface area contributed by atoms with Crippen molar-refractivity contribution in [2.75, 3.05) is 13.1 Å². The van der Waals surface area contributed by atoms with Crippen LogP contribution in [0.1, 0.15) is 51.9 Å². The highest BCUT2D eigenvalue weighted by atomic mass is 16.4. The van der Waals surface area contributed by atoms with E-state index in [1.54, 1.807) is 0 Å². The molecule has 1 aliphatic carbocycles. The van der Waals surface area contributed by atoms with Gasteiger partial charge in [-0.05, 0) is 31.1 Å². The van der Waals surface area contributed by atoms with Crippen LogP contribution in [-0.2, 0) is 4.79 Å². The van der Waals surface area contributed by atoms with Crippen LogP contribution >= 0.6 is 0 Å². The van der Waals surface area contributed by atoms with E-state index in [0.29, 0.717) is 13.1 Å². The number of nitrogens with one attached hydrogen (secondary N) is 1. The third-order valence-electron chi connectivity index (χ3n) is 4.75. The van der Waals surface area contributed by atoms with Crippen LogP contribution in [-0.4, -0.2) is 41.1 Å². The fraction of sp³-hybridized carbons (Fsp3) is 0.867. The van der Waals surface area contributed by atoms with Gasteiger partial charge in [0.15, 0.2) is 0 Å². The topological polar surface area (TPSA) is 69.6 Å². The molecule has 5 heteroatoms. The zero-order valence-electron chi connectivity index (χ0n) is 12.3. The lowest BCUT2D eigenvalue weighted by Gasteiger charge is -2.37. The molecule has 5 nitrogen and oxygen atoms in total. The molecule has 0 aromatic rings. The fourth-order valence-electron chi connectivity index (χ4n) is 3.58. The first-order valence-electron chi connectivity index (χ1n) is 7.87.